The highest BCUT2D eigenvalue weighted by molar-refractivity contribution is 7.57. The molecule has 0 amide bonds. The molecule has 0 saturated heterocycles. The zero-order valence-electron chi connectivity index (χ0n) is 4.79. The van der Waals surface area contributed by atoms with E-state index in [9.17, 15) is 13.2 Å². The molecule has 0 nitrogen and oxygen atoms in total. The summed E-state index contributed by atoms with van der Waals surface area (Å²) in [5, 5.41) is 0. The number of halogens is 3. The van der Waals surface area contributed by atoms with Gasteiger partial charge in [0.15, 0.2) is 6.67 Å². The van der Waals surface area contributed by atoms with Gasteiger partial charge in [0.25, 0.3) is 5.66 Å². The summed E-state index contributed by atoms with van der Waals surface area (Å²) >= 11 is 0. The maximum Gasteiger partial charge on any atom is 0.291 e. The molecule has 0 aromatic rings. The molecule has 0 aliphatic carbocycles. The quantitative estimate of drug-likeness (QED) is 0.521. The molecule has 0 unspecified atom stereocenters. The van der Waals surface area contributed by atoms with Crippen LogP contribution in [-0.4, -0.2) is 25.7 Å². The van der Waals surface area contributed by atoms with E-state index in [1.54, 1.807) is 0 Å². The van der Waals surface area contributed by atoms with Gasteiger partial charge in [0.05, 0.1) is 0 Å². The van der Waals surface area contributed by atoms with Crippen molar-refractivity contribution in [2.45, 2.75) is 5.66 Å². The number of rotatable bonds is 2. The highest BCUT2D eigenvalue weighted by Crippen LogP contribution is 2.45. The molecule has 0 rings (SSSR count). The van der Waals surface area contributed by atoms with Gasteiger partial charge in [0.1, 0.15) is 0 Å². The summed E-state index contributed by atoms with van der Waals surface area (Å²) in [5.41, 5.74) is -3.06. The standard InChI is InChI=1S/C4H8F3P/c1-8(2)4(6,7)3-5/h3H2,1-2H3. The molecular formula is C4H8F3P. The first-order chi connectivity index (χ1) is 3.50. The Hall–Kier alpha value is 0.220. The molecule has 0 aliphatic heterocycles. The van der Waals surface area contributed by atoms with Crippen LogP contribution in [0, 0.1) is 0 Å². The average Bonchev–Trinajstić information content (AvgIpc) is 1.67. The van der Waals surface area contributed by atoms with Crippen LogP contribution in [0.2, 0.25) is 0 Å². The van der Waals surface area contributed by atoms with Gasteiger partial charge in [-0.05, 0) is 21.3 Å². The van der Waals surface area contributed by atoms with E-state index < -0.39 is 20.3 Å². The van der Waals surface area contributed by atoms with E-state index in [0.717, 1.165) is 0 Å². The zero-order chi connectivity index (χ0) is 6.78. The Bertz CT molecular complexity index is 71.7. The van der Waals surface area contributed by atoms with Crippen LogP contribution in [0.4, 0.5) is 13.2 Å². The van der Waals surface area contributed by atoms with Crippen LogP contribution < -0.4 is 0 Å². The first-order valence-electron chi connectivity index (χ1n) is 2.12. The molecule has 0 fully saturated rings. The number of alkyl halides is 3. The maximum absolute atomic E-state index is 11.9. The van der Waals surface area contributed by atoms with E-state index in [1.165, 1.54) is 13.3 Å². The fourth-order valence-corrected chi connectivity index (χ4v) is 0.359. The lowest BCUT2D eigenvalue weighted by Gasteiger charge is -2.15. The summed E-state index contributed by atoms with van der Waals surface area (Å²) in [5.74, 6) is 0. The molecule has 0 aliphatic rings. The monoisotopic (exact) mass is 144 g/mol. The Morgan fingerprint density at radius 1 is 1.38 bits per heavy atom. The Labute approximate surface area is 47.8 Å². The van der Waals surface area contributed by atoms with Gasteiger partial charge in [-0.3, -0.25) is 0 Å². The SMILES string of the molecule is CP(C)C(F)(F)CF. The molecule has 0 N–H and O–H groups in total. The summed E-state index contributed by atoms with van der Waals surface area (Å²) in [6.07, 6.45) is 0. The van der Waals surface area contributed by atoms with Gasteiger partial charge in [-0.1, -0.05) is 0 Å². The fraction of sp³-hybridized carbons (Fsp3) is 1.00. The van der Waals surface area contributed by atoms with Crippen LogP contribution in [0.3, 0.4) is 0 Å². The minimum Gasteiger partial charge on any atom is -0.244 e. The highest BCUT2D eigenvalue weighted by Gasteiger charge is 2.32. The molecule has 0 saturated carbocycles. The van der Waals surface area contributed by atoms with Gasteiger partial charge < -0.3 is 0 Å². The number of hydrogen-bond donors (Lipinski definition) is 0. The summed E-state index contributed by atoms with van der Waals surface area (Å²) in [6.45, 7) is 1.19. The van der Waals surface area contributed by atoms with Gasteiger partial charge in [-0.25, -0.2) is 4.39 Å². The second-order valence-electron chi connectivity index (χ2n) is 1.69. The van der Waals surface area contributed by atoms with Crippen LogP contribution in [0.25, 0.3) is 0 Å². The lowest BCUT2D eigenvalue weighted by molar-refractivity contribution is 0.0678. The Kier molecular flexibility index (Phi) is 2.75. The molecule has 0 aromatic heterocycles. The molecule has 4 heteroatoms. The van der Waals surface area contributed by atoms with E-state index in [0.29, 0.717) is 0 Å². The minimum atomic E-state index is -3.06. The van der Waals surface area contributed by atoms with E-state index >= 15 is 0 Å². The van der Waals surface area contributed by atoms with E-state index in [4.69, 9.17) is 0 Å². The van der Waals surface area contributed by atoms with Gasteiger partial charge >= 0.3 is 0 Å². The van der Waals surface area contributed by atoms with Crippen molar-refractivity contribution in [3.8, 4) is 0 Å². The van der Waals surface area contributed by atoms with Crippen LogP contribution in [0.1, 0.15) is 0 Å². The highest BCUT2D eigenvalue weighted by atomic mass is 31.1. The third-order valence-electron chi connectivity index (χ3n) is 0.815. The van der Waals surface area contributed by atoms with Crippen molar-refractivity contribution in [1.29, 1.82) is 0 Å². The van der Waals surface area contributed by atoms with Crippen LogP contribution in [0.15, 0.2) is 0 Å². The first-order valence-corrected chi connectivity index (χ1v) is 4.35. The second kappa shape index (κ2) is 2.67. The Morgan fingerprint density at radius 3 is 1.75 bits per heavy atom. The third kappa shape index (κ3) is 1.99. The average molecular weight is 144 g/mol. The fourth-order valence-electron chi connectivity index (χ4n) is 0.120. The minimum absolute atomic E-state index is 1.36. The molecule has 0 heterocycles. The summed E-state index contributed by atoms with van der Waals surface area (Å²) < 4.78 is 35.1. The van der Waals surface area contributed by atoms with Crippen molar-refractivity contribution in [3.05, 3.63) is 0 Å². The second-order valence-corrected chi connectivity index (χ2v) is 4.14. The molecular weight excluding hydrogens is 136 g/mol. The predicted molar refractivity (Wildman–Crippen MR) is 29.7 cm³/mol. The van der Waals surface area contributed by atoms with Gasteiger partial charge in [-0.15, -0.1) is 0 Å². The van der Waals surface area contributed by atoms with Crippen LogP contribution in [-0.2, 0) is 0 Å². The van der Waals surface area contributed by atoms with Crippen LogP contribution in [0.5, 0.6) is 0 Å². The number of hydrogen-bond acceptors (Lipinski definition) is 0. The Balaban J connectivity index is 3.71. The third-order valence-corrected chi connectivity index (χ3v) is 2.24. The Morgan fingerprint density at radius 2 is 1.75 bits per heavy atom. The van der Waals surface area contributed by atoms with Gasteiger partial charge in [-0.2, -0.15) is 8.78 Å². The van der Waals surface area contributed by atoms with Gasteiger partial charge in [0.2, 0.25) is 0 Å². The van der Waals surface area contributed by atoms with Gasteiger partial charge in [0, 0.05) is 0 Å². The van der Waals surface area contributed by atoms with Crippen molar-refractivity contribution < 1.29 is 13.2 Å². The topological polar surface area (TPSA) is 0 Å². The van der Waals surface area contributed by atoms with E-state index in [-0.39, 0.29) is 0 Å². The molecule has 0 bridgehead atoms. The molecule has 50 valence electrons. The summed E-state index contributed by atoms with van der Waals surface area (Å²) in [6, 6.07) is 0. The molecule has 0 aromatic carbocycles. The molecule has 0 atom stereocenters. The first kappa shape index (κ1) is 8.22. The van der Waals surface area contributed by atoms with E-state index in [2.05, 4.69) is 0 Å². The smallest absolute Gasteiger partial charge is 0.244 e. The van der Waals surface area contributed by atoms with Crippen LogP contribution >= 0.6 is 7.92 Å². The molecule has 0 spiro atoms. The summed E-state index contributed by atoms with van der Waals surface area (Å²) in [7, 11) is -1.45. The van der Waals surface area contributed by atoms with Crippen molar-refractivity contribution in [2.24, 2.45) is 0 Å². The van der Waals surface area contributed by atoms with Crippen molar-refractivity contribution >= 4 is 7.92 Å². The normalized spacial score (nSPS) is 12.8. The van der Waals surface area contributed by atoms with Crippen molar-refractivity contribution in [2.75, 3.05) is 20.0 Å². The lowest BCUT2D eigenvalue weighted by Crippen LogP contribution is -2.14. The molecule has 8 heavy (non-hydrogen) atoms. The van der Waals surface area contributed by atoms with Crippen molar-refractivity contribution in [1.82, 2.24) is 0 Å². The van der Waals surface area contributed by atoms with E-state index in [1.807, 2.05) is 0 Å². The lowest BCUT2D eigenvalue weighted by atomic mass is 10.8. The summed E-state index contributed by atoms with van der Waals surface area (Å²) in [4.78, 5) is 0. The predicted octanol–water partition coefficient (Wildman–Crippen LogP) is 2.29. The molecule has 0 radical (unpaired) electrons. The van der Waals surface area contributed by atoms with Crippen molar-refractivity contribution in [3.63, 3.8) is 0 Å². The largest absolute Gasteiger partial charge is 0.291 e. The maximum atomic E-state index is 11.9. The zero-order valence-corrected chi connectivity index (χ0v) is 5.68.